The van der Waals surface area contributed by atoms with Gasteiger partial charge < -0.3 is 4.74 Å². The summed E-state index contributed by atoms with van der Waals surface area (Å²) >= 11 is 10.9. The summed E-state index contributed by atoms with van der Waals surface area (Å²) in [6, 6.07) is 5.08. The Balaban J connectivity index is 2.25. The van der Waals surface area contributed by atoms with Crippen LogP contribution in [-0.4, -0.2) is 23.0 Å². The number of ether oxygens (including phenoxy) is 1. The molecule has 0 saturated carbocycles. The lowest BCUT2D eigenvalue weighted by molar-refractivity contribution is -0.123. The van der Waals surface area contributed by atoms with E-state index < -0.39 is 11.8 Å². The van der Waals surface area contributed by atoms with Gasteiger partial charge in [0, 0.05) is 0 Å². The van der Waals surface area contributed by atoms with Crippen LogP contribution >= 0.6 is 23.8 Å². The van der Waals surface area contributed by atoms with E-state index in [0.29, 0.717) is 16.3 Å². The first kappa shape index (κ1) is 16.5. The van der Waals surface area contributed by atoms with Crippen molar-refractivity contribution in [3.05, 3.63) is 34.4 Å². The molecule has 2 rings (SSSR count). The Morgan fingerprint density at radius 1 is 1.32 bits per heavy atom. The fourth-order valence-electron chi connectivity index (χ4n) is 1.78. The van der Waals surface area contributed by atoms with Crippen LogP contribution in [0.1, 0.15) is 25.8 Å². The number of carbonyl (C=O) groups excluding carboxylic acids is 2. The minimum Gasteiger partial charge on any atom is -0.489 e. The second-order valence-electron chi connectivity index (χ2n) is 4.82. The number of thiocarbonyl (C=S) groups is 1. The van der Waals surface area contributed by atoms with Gasteiger partial charge in [0.2, 0.25) is 0 Å². The number of carbonyl (C=O) groups is 2. The van der Waals surface area contributed by atoms with Gasteiger partial charge in [-0.05, 0) is 49.3 Å². The molecule has 1 unspecified atom stereocenters. The van der Waals surface area contributed by atoms with Gasteiger partial charge in [0.15, 0.2) is 5.11 Å². The van der Waals surface area contributed by atoms with Gasteiger partial charge in [-0.2, -0.15) is 0 Å². The van der Waals surface area contributed by atoms with Gasteiger partial charge in [0.05, 0.1) is 11.1 Å². The van der Waals surface area contributed by atoms with Crippen molar-refractivity contribution in [3.63, 3.8) is 0 Å². The molecule has 1 aromatic rings. The lowest BCUT2D eigenvalue weighted by Gasteiger charge is -2.17. The maximum Gasteiger partial charge on any atom is 0.263 e. The molecule has 1 aromatic carbocycles. The first-order valence-corrected chi connectivity index (χ1v) is 7.54. The largest absolute Gasteiger partial charge is 0.489 e. The van der Waals surface area contributed by atoms with Gasteiger partial charge in [-0.1, -0.05) is 24.6 Å². The lowest BCUT2D eigenvalue weighted by Crippen LogP contribution is -2.51. The molecule has 0 aliphatic carbocycles. The zero-order valence-corrected chi connectivity index (χ0v) is 13.7. The van der Waals surface area contributed by atoms with Crippen LogP contribution in [0.4, 0.5) is 0 Å². The Bertz CT molecular complexity index is 651. The van der Waals surface area contributed by atoms with Gasteiger partial charge in [-0.25, -0.2) is 0 Å². The van der Waals surface area contributed by atoms with Crippen LogP contribution in [-0.2, 0) is 9.59 Å². The molecule has 1 atom stereocenters. The zero-order valence-electron chi connectivity index (χ0n) is 12.1. The van der Waals surface area contributed by atoms with Gasteiger partial charge in [-0.15, -0.1) is 0 Å². The predicted octanol–water partition coefficient (Wildman–Crippen LogP) is 2.43. The summed E-state index contributed by atoms with van der Waals surface area (Å²) in [5, 5.41) is 5.17. The Labute approximate surface area is 138 Å². The maximum absolute atomic E-state index is 11.8. The smallest absolute Gasteiger partial charge is 0.263 e. The number of benzene rings is 1. The molecular weight excluding hydrogens is 324 g/mol. The van der Waals surface area contributed by atoms with E-state index in [1.165, 1.54) is 6.08 Å². The van der Waals surface area contributed by atoms with Crippen molar-refractivity contribution in [1.82, 2.24) is 10.6 Å². The molecule has 5 nitrogen and oxygen atoms in total. The summed E-state index contributed by atoms with van der Waals surface area (Å²) in [7, 11) is 0. The van der Waals surface area contributed by atoms with Crippen LogP contribution in [0, 0.1) is 0 Å². The van der Waals surface area contributed by atoms with Crippen LogP contribution < -0.4 is 15.4 Å². The van der Waals surface area contributed by atoms with Crippen LogP contribution in [0.2, 0.25) is 5.02 Å². The molecule has 0 aromatic heterocycles. The Morgan fingerprint density at radius 3 is 2.50 bits per heavy atom. The van der Waals surface area contributed by atoms with E-state index in [4.69, 9.17) is 28.6 Å². The number of hydrogen-bond acceptors (Lipinski definition) is 4. The van der Waals surface area contributed by atoms with E-state index in [1.807, 2.05) is 13.8 Å². The lowest BCUT2D eigenvalue weighted by atomic mass is 10.1. The average Bonchev–Trinajstić information content (AvgIpc) is 2.45. The summed E-state index contributed by atoms with van der Waals surface area (Å²) in [5.41, 5.74) is 0.592. The number of nitrogens with one attached hydrogen (secondary N) is 2. The van der Waals surface area contributed by atoms with Gasteiger partial charge in [0.1, 0.15) is 11.3 Å². The maximum atomic E-state index is 11.8. The topological polar surface area (TPSA) is 67.4 Å². The molecule has 2 amide bonds. The molecule has 0 radical (unpaired) electrons. The highest BCUT2D eigenvalue weighted by molar-refractivity contribution is 7.80. The summed E-state index contributed by atoms with van der Waals surface area (Å²) in [5.74, 6) is -0.508. The third-order valence-corrected chi connectivity index (χ3v) is 3.61. The molecule has 22 heavy (non-hydrogen) atoms. The quantitative estimate of drug-likeness (QED) is 0.502. The van der Waals surface area contributed by atoms with E-state index in [-0.39, 0.29) is 16.8 Å². The molecule has 2 N–H and O–H groups in total. The van der Waals surface area contributed by atoms with Gasteiger partial charge in [-0.3, -0.25) is 20.2 Å². The Morgan fingerprint density at radius 2 is 1.95 bits per heavy atom. The molecule has 7 heteroatoms. The van der Waals surface area contributed by atoms with E-state index in [0.717, 1.165) is 6.42 Å². The minimum absolute atomic E-state index is 0.00230. The number of halogens is 1. The molecule has 1 saturated heterocycles. The second kappa shape index (κ2) is 6.89. The van der Waals surface area contributed by atoms with Gasteiger partial charge in [0.25, 0.3) is 11.8 Å². The Hall–Kier alpha value is -1.92. The minimum atomic E-state index is -0.537. The van der Waals surface area contributed by atoms with E-state index in [2.05, 4.69) is 10.6 Å². The molecule has 1 aliphatic heterocycles. The SMILES string of the molecule is CCC(C)Oc1ccc(C=C2C(=O)NC(=S)NC2=O)cc1Cl. The highest BCUT2D eigenvalue weighted by Crippen LogP contribution is 2.27. The predicted molar refractivity (Wildman–Crippen MR) is 88.7 cm³/mol. The first-order chi connectivity index (χ1) is 10.4. The number of rotatable bonds is 4. The summed E-state index contributed by atoms with van der Waals surface area (Å²) in [6.07, 6.45) is 2.37. The molecule has 1 fully saturated rings. The number of hydrogen-bond donors (Lipinski definition) is 2. The molecule has 0 bridgehead atoms. The fraction of sp³-hybridized carbons (Fsp3) is 0.267. The van der Waals surface area contributed by atoms with Crippen molar-refractivity contribution in [2.45, 2.75) is 26.4 Å². The molecular formula is C15H15ClN2O3S. The first-order valence-electron chi connectivity index (χ1n) is 6.75. The summed E-state index contributed by atoms with van der Waals surface area (Å²) in [4.78, 5) is 23.5. The zero-order chi connectivity index (χ0) is 16.3. The second-order valence-corrected chi connectivity index (χ2v) is 5.64. The van der Waals surface area contributed by atoms with Crippen molar-refractivity contribution in [2.24, 2.45) is 0 Å². The highest BCUT2D eigenvalue weighted by Gasteiger charge is 2.25. The number of amides is 2. The monoisotopic (exact) mass is 338 g/mol. The summed E-state index contributed by atoms with van der Waals surface area (Å²) < 4.78 is 5.67. The Kier molecular flexibility index (Phi) is 5.15. The van der Waals surface area contributed by atoms with E-state index in [1.54, 1.807) is 18.2 Å². The van der Waals surface area contributed by atoms with Crippen molar-refractivity contribution in [3.8, 4) is 5.75 Å². The molecule has 116 valence electrons. The third-order valence-electron chi connectivity index (χ3n) is 3.11. The van der Waals surface area contributed by atoms with Crippen LogP contribution in [0.5, 0.6) is 5.75 Å². The van der Waals surface area contributed by atoms with Crippen LogP contribution in [0.25, 0.3) is 6.08 Å². The normalized spacial score (nSPS) is 16.0. The van der Waals surface area contributed by atoms with Crippen LogP contribution in [0.15, 0.2) is 23.8 Å². The molecule has 1 aliphatic rings. The van der Waals surface area contributed by atoms with E-state index >= 15 is 0 Å². The van der Waals surface area contributed by atoms with Crippen LogP contribution in [0.3, 0.4) is 0 Å². The summed E-state index contributed by atoms with van der Waals surface area (Å²) in [6.45, 7) is 3.97. The standard InChI is InChI=1S/C15H15ClN2O3S/c1-3-8(2)21-12-5-4-9(7-11(12)16)6-10-13(19)17-15(22)18-14(10)20/h4-8H,3H2,1-2H3,(H2,17,18,19,20,22). The van der Waals surface area contributed by atoms with Crippen molar-refractivity contribution >= 4 is 46.8 Å². The van der Waals surface area contributed by atoms with Crippen molar-refractivity contribution in [1.29, 1.82) is 0 Å². The highest BCUT2D eigenvalue weighted by atomic mass is 35.5. The van der Waals surface area contributed by atoms with Crippen molar-refractivity contribution < 1.29 is 14.3 Å². The van der Waals surface area contributed by atoms with E-state index in [9.17, 15) is 9.59 Å². The fourth-order valence-corrected chi connectivity index (χ4v) is 2.19. The third kappa shape index (κ3) is 3.84. The molecule has 0 spiro atoms. The van der Waals surface area contributed by atoms with Crippen molar-refractivity contribution in [2.75, 3.05) is 0 Å². The molecule has 1 heterocycles. The average molecular weight is 339 g/mol. The van der Waals surface area contributed by atoms with Gasteiger partial charge >= 0.3 is 0 Å².